The molecule has 1 aliphatic heterocycles. The number of nitrogens with two attached hydrogens (primary N) is 1. The molecular weight excluding hydrogens is 210 g/mol. The van der Waals surface area contributed by atoms with Crippen LogP contribution in [0.15, 0.2) is 18.2 Å². The monoisotopic (exact) mass is 223 g/mol. The molecule has 16 heavy (non-hydrogen) atoms. The number of nitro benzene ring substituents is 1. The highest BCUT2D eigenvalue weighted by Crippen LogP contribution is 2.28. The summed E-state index contributed by atoms with van der Waals surface area (Å²) in [6.07, 6.45) is 0.396. The maximum Gasteiger partial charge on any atom is 0.292 e. The van der Waals surface area contributed by atoms with Gasteiger partial charge in [-0.1, -0.05) is 0 Å². The third kappa shape index (κ3) is 1.92. The molecule has 6 heteroatoms. The highest BCUT2D eigenvalue weighted by atomic mass is 16.6. The number of hydrogen-bond donors (Lipinski definition) is 2. The molecule has 6 nitrogen and oxygen atoms in total. The van der Waals surface area contributed by atoms with Gasteiger partial charge in [0.05, 0.1) is 11.0 Å². The van der Waals surface area contributed by atoms with Crippen molar-refractivity contribution in [1.82, 2.24) is 0 Å². The summed E-state index contributed by atoms with van der Waals surface area (Å²) in [5.74, 6) is 0. The van der Waals surface area contributed by atoms with Crippen LogP contribution >= 0.6 is 0 Å². The van der Waals surface area contributed by atoms with Crippen LogP contribution in [0, 0.1) is 10.1 Å². The van der Waals surface area contributed by atoms with Crippen LogP contribution < -0.4 is 10.6 Å². The standard InChI is InChI=1S/C10H13N3O3/c11-9-5-7(1-2-10(9)13(15)16)12-4-3-8(14)6-12/h1-2,5,8,14H,3-4,6,11H2. The number of nitrogen functional groups attached to an aromatic ring is 1. The average Bonchev–Trinajstić information content (AvgIpc) is 2.64. The Balaban J connectivity index is 2.24. The minimum Gasteiger partial charge on any atom is -0.393 e. The van der Waals surface area contributed by atoms with Gasteiger partial charge in [0.25, 0.3) is 5.69 Å². The molecule has 0 radical (unpaired) electrons. The molecule has 1 saturated heterocycles. The van der Waals surface area contributed by atoms with Crippen molar-refractivity contribution in [2.24, 2.45) is 0 Å². The van der Waals surface area contributed by atoms with Crippen molar-refractivity contribution in [2.45, 2.75) is 12.5 Å². The van der Waals surface area contributed by atoms with Crippen LogP contribution in [0.5, 0.6) is 0 Å². The predicted molar refractivity (Wildman–Crippen MR) is 60.3 cm³/mol. The fourth-order valence-electron chi connectivity index (χ4n) is 1.88. The van der Waals surface area contributed by atoms with Gasteiger partial charge < -0.3 is 15.7 Å². The molecule has 0 bridgehead atoms. The Kier molecular flexibility index (Phi) is 2.66. The molecule has 1 unspecified atom stereocenters. The Morgan fingerprint density at radius 1 is 1.56 bits per heavy atom. The first-order valence-corrected chi connectivity index (χ1v) is 5.05. The number of hydrogen-bond acceptors (Lipinski definition) is 5. The van der Waals surface area contributed by atoms with E-state index in [4.69, 9.17) is 5.73 Å². The van der Waals surface area contributed by atoms with Gasteiger partial charge in [0, 0.05) is 24.8 Å². The zero-order chi connectivity index (χ0) is 11.7. The van der Waals surface area contributed by atoms with Gasteiger partial charge >= 0.3 is 0 Å². The number of aliphatic hydroxyl groups excluding tert-OH is 1. The maximum atomic E-state index is 10.6. The minimum absolute atomic E-state index is 0.0801. The number of anilines is 2. The van der Waals surface area contributed by atoms with Crippen LogP contribution in [0.3, 0.4) is 0 Å². The largest absolute Gasteiger partial charge is 0.393 e. The summed E-state index contributed by atoms with van der Waals surface area (Å²) in [4.78, 5) is 12.0. The molecule has 1 aromatic rings. The first-order valence-electron chi connectivity index (χ1n) is 5.05. The Morgan fingerprint density at radius 3 is 2.81 bits per heavy atom. The lowest BCUT2D eigenvalue weighted by Crippen LogP contribution is -2.21. The Bertz CT molecular complexity index is 422. The van der Waals surface area contributed by atoms with Gasteiger partial charge in [-0.3, -0.25) is 10.1 Å². The third-order valence-corrected chi connectivity index (χ3v) is 2.74. The topological polar surface area (TPSA) is 92.6 Å². The molecule has 86 valence electrons. The van der Waals surface area contributed by atoms with Crippen LogP contribution in [0.4, 0.5) is 17.1 Å². The average molecular weight is 223 g/mol. The first-order chi connectivity index (χ1) is 7.58. The molecule has 0 aliphatic carbocycles. The fraction of sp³-hybridized carbons (Fsp3) is 0.400. The lowest BCUT2D eigenvalue weighted by molar-refractivity contribution is -0.383. The van der Waals surface area contributed by atoms with Gasteiger partial charge in [0.15, 0.2) is 0 Å². The molecule has 0 aromatic heterocycles. The number of β-amino-alcohol motifs (C(OH)–C–C–N with tert-alkyl or cyclic N) is 1. The van der Waals surface area contributed by atoms with Gasteiger partial charge in [-0.2, -0.15) is 0 Å². The summed E-state index contributed by atoms with van der Waals surface area (Å²) < 4.78 is 0. The number of benzene rings is 1. The number of rotatable bonds is 2. The molecule has 0 spiro atoms. The highest BCUT2D eigenvalue weighted by Gasteiger charge is 2.22. The quantitative estimate of drug-likeness (QED) is 0.438. The Labute approximate surface area is 92.4 Å². The normalized spacial score (nSPS) is 20.1. The van der Waals surface area contributed by atoms with Crippen LogP contribution in [-0.4, -0.2) is 29.2 Å². The molecular formula is C10H13N3O3. The second-order valence-corrected chi connectivity index (χ2v) is 3.89. The Hall–Kier alpha value is -1.82. The summed E-state index contributed by atoms with van der Waals surface area (Å²) in [7, 11) is 0. The molecule has 1 atom stereocenters. The van der Waals surface area contributed by atoms with E-state index < -0.39 is 4.92 Å². The van der Waals surface area contributed by atoms with Crippen molar-refractivity contribution in [3.63, 3.8) is 0 Å². The van der Waals surface area contributed by atoms with Crippen LogP contribution in [0.1, 0.15) is 6.42 Å². The van der Waals surface area contributed by atoms with E-state index in [1.165, 1.54) is 6.07 Å². The molecule has 1 aromatic carbocycles. The third-order valence-electron chi connectivity index (χ3n) is 2.74. The predicted octanol–water partition coefficient (Wildman–Crippen LogP) is 0.748. The van der Waals surface area contributed by atoms with E-state index in [0.29, 0.717) is 6.54 Å². The van der Waals surface area contributed by atoms with E-state index >= 15 is 0 Å². The van der Waals surface area contributed by atoms with Gasteiger partial charge in [-0.15, -0.1) is 0 Å². The maximum absolute atomic E-state index is 10.6. The number of nitrogens with zero attached hydrogens (tertiary/aromatic N) is 2. The van der Waals surface area contributed by atoms with Gasteiger partial charge in [0.2, 0.25) is 0 Å². The zero-order valence-corrected chi connectivity index (χ0v) is 8.67. The second-order valence-electron chi connectivity index (χ2n) is 3.89. The van der Waals surface area contributed by atoms with Gasteiger partial charge in [-0.25, -0.2) is 0 Å². The lowest BCUT2D eigenvalue weighted by atomic mass is 10.2. The first kappa shape index (κ1) is 10.7. The van der Waals surface area contributed by atoms with Crippen molar-refractivity contribution in [2.75, 3.05) is 23.7 Å². The Morgan fingerprint density at radius 2 is 2.31 bits per heavy atom. The molecule has 0 amide bonds. The molecule has 0 saturated carbocycles. The molecule has 1 fully saturated rings. The van der Waals surface area contributed by atoms with Crippen molar-refractivity contribution in [1.29, 1.82) is 0 Å². The van der Waals surface area contributed by atoms with Crippen LogP contribution in [0.25, 0.3) is 0 Å². The molecule has 3 N–H and O–H groups in total. The summed E-state index contributed by atoms with van der Waals surface area (Å²) >= 11 is 0. The van der Waals surface area contributed by atoms with Crippen molar-refractivity contribution in [3.05, 3.63) is 28.3 Å². The molecule has 2 rings (SSSR count). The van der Waals surface area contributed by atoms with Crippen molar-refractivity contribution in [3.8, 4) is 0 Å². The van der Waals surface area contributed by atoms with Crippen LogP contribution in [-0.2, 0) is 0 Å². The number of aliphatic hydroxyl groups is 1. The molecule has 1 aliphatic rings. The summed E-state index contributed by atoms with van der Waals surface area (Å²) in [5.41, 5.74) is 6.49. The van der Waals surface area contributed by atoms with E-state index in [9.17, 15) is 15.2 Å². The van der Waals surface area contributed by atoms with Crippen LogP contribution in [0.2, 0.25) is 0 Å². The number of nitro groups is 1. The van der Waals surface area contributed by atoms with E-state index in [1.54, 1.807) is 12.1 Å². The van der Waals surface area contributed by atoms with Gasteiger partial charge in [0.1, 0.15) is 5.69 Å². The van der Waals surface area contributed by atoms with E-state index in [0.717, 1.165) is 18.7 Å². The van der Waals surface area contributed by atoms with E-state index in [-0.39, 0.29) is 17.5 Å². The van der Waals surface area contributed by atoms with Crippen molar-refractivity contribution < 1.29 is 10.0 Å². The summed E-state index contributed by atoms with van der Waals surface area (Å²) in [6, 6.07) is 4.64. The zero-order valence-electron chi connectivity index (χ0n) is 8.67. The SMILES string of the molecule is Nc1cc(N2CCC(O)C2)ccc1[N+](=O)[O-]. The van der Waals surface area contributed by atoms with Crippen molar-refractivity contribution >= 4 is 17.1 Å². The summed E-state index contributed by atoms with van der Waals surface area (Å²) in [6.45, 7) is 1.30. The second kappa shape index (κ2) is 3.97. The minimum atomic E-state index is -0.502. The molecule has 1 heterocycles. The van der Waals surface area contributed by atoms with E-state index in [1.807, 2.05) is 4.90 Å². The van der Waals surface area contributed by atoms with E-state index in [2.05, 4.69) is 0 Å². The fourth-order valence-corrected chi connectivity index (χ4v) is 1.88. The summed E-state index contributed by atoms with van der Waals surface area (Å²) in [5, 5.41) is 20.0. The van der Waals surface area contributed by atoms with Gasteiger partial charge in [-0.05, 0) is 18.6 Å². The smallest absolute Gasteiger partial charge is 0.292 e. The highest BCUT2D eigenvalue weighted by molar-refractivity contribution is 5.66. The lowest BCUT2D eigenvalue weighted by Gasteiger charge is -2.17.